The highest BCUT2D eigenvalue weighted by atomic mass is 16.5. The maximum Gasteiger partial charge on any atom is 0.254 e. The first kappa shape index (κ1) is 16.8. The van der Waals surface area contributed by atoms with Crippen LogP contribution in [0.3, 0.4) is 0 Å². The van der Waals surface area contributed by atoms with Crippen molar-refractivity contribution in [1.29, 1.82) is 0 Å². The SMILES string of the molecule is O=C(CC1(N2Cc3ccccc3C2=O)CCOCC1)Nc1ccccc1. The van der Waals surface area contributed by atoms with E-state index < -0.39 is 5.54 Å². The van der Waals surface area contributed by atoms with Gasteiger partial charge in [0.15, 0.2) is 0 Å². The molecule has 0 unspecified atom stereocenters. The molecule has 5 nitrogen and oxygen atoms in total. The molecule has 2 aliphatic heterocycles. The van der Waals surface area contributed by atoms with E-state index >= 15 is 0 Å². The number of ether oxygens (including phenoxy) is 1. The second-order valence-electron chi connectivity index (χ2n) is 6.98. The third kappa shape index (κ3) is 3.10. The fourth-order valence-corrected chi connectivity index (χ4v) is 3.96. The Morgan fingerprint density at radius 2 is 1.73 bits per heavy atom. The van der Waals surface area contributed by atoms with Crippen LogP contribution < -0.4 is 5.32 Å². The van der Waals surface area contributed by atoms with Crippen molar-refractivity contribution in [1.82, 2.24) is 4.90 Å². The molecule has 0 bridgehead atoms. The first-order valence-corrected chi connectivity index (χ1v) is 9.00. The first-order valence-electron chi connectivity index (χ1n) is 9.00. The van der Waals surface area contributed by atoms with E-state index in [-0.39, 0.29) is 18.2 Å². The van der Waals surface area contributed by atoms with Crippen LogP contribution >= 0.6 is 0 Å². The molecule has 4 rings (SSSR count). The number of nitrogens with one attached hydrogen (secondary N) is 1. The van der Waals surface area contributed by atoms with Gasteiger partial charge in [0.1, 0.15) is 0 Å². The Morgan fingerprint density at radius 3 is 2.46 bits per heavy atom. The summed E-state index contributed by atoms with van der Waals surface area (Å²) in [6.07, 6.45) is 1.63. The number of rotatable bonds is 4. The van der Waals surface area contributed by atoms with Crippen LogP contribution in [-0.4, -0.2) is 35.5 Å². The molecular formula is C21H22N2O3. The van der Waals surface area contributed by atoms with Crippen molar-refractivity contribution in [2.45, 2.75) is 31.3 Å². The molecule has 134 valence electrons. The molecule has 2 aliphatic rings. The van der Waals surface area contributed by atoms with Gasteiger partial charge in [0.05, 0.1) is 12.0 Å². The van der Waals surface area contributed by atoms with Gasteiger partial charge in [-0.25, -0.2) is 0 Å². The van der Waals surface area contributed by atoms with Crippen LogP contribution in [0.5, 0.6) is 0 Å². The van der Waals surface area contributed by atoms with E-state index in [0.29, 0.717) is 32.6 Å². The van der Waals surface area contributed by atoms with Crippen LogP contribution in [0.25, 0.3) is 0 Å². The Labute approximate surface area is 153 Å². The molecule has 2 amide bonds. The van der Waals surface area contributed by atoms with E-state index in [0.717, 1.165) is 16.8 Å². The average Bonchev–Trinajstić information content (AvgIpc) is 3.01. The van der Waals surface area contributed by atoms with Crippen LogP contribution in [0.4, 0.5) is 5.69 Å². The molecule has 1 N–H and O–H groups in total. The van der Waals surface area contributed by atoms with Crippen molar-refractivity contribution in [3.63, 3.8) is 0 Å². The fourth-order valence-electron chi connectivity index (χ4n) is 3.96. The van der Waals surface area contributed by atoms with Gasteiger partial charge in [-0.15, -0.1) is 0 Å². The summed E-state index contributed by atoms with van der Waals surface area (Å²) in [6, 6.07) is 17.1. The molecule has 0 atom stereocenters. The summed E-state index contributed by atoms with van der Waals surface area (Å²) in [5.74, 6) is -0.0446. The Balaban J connectivity index is 1.57. The molecule has 0 radical (unpaired) electrons. The molecule has 2 aromatic rings. The molecular weight excluding hydrogens is 328 g/mol. The number of hydrogen-bond acceptors (Lipinski definition) is 3. The summed E-state index contributed by atoms with van der Waals surface area (Å²) < 4.78 is 5.53. The maximum absolute atomic E-state index is 13.0. The quantitative estimate of drug-likeness (QED) is 0.921. The van der Waals surface area contributed by atoms with E-state index in [4.69, 9.17) is 4.74 Å². The smallest absolute Gasteiger partial charge is 0.254 e. The van der Waals surface area contributed by atoms with Gasteiger partial charge >= 0.3 is 0 Å². The summed E-state index contributed by atoms with van der Waals surface area (Å²) in [6.45, 7) is 1.70. The predicted octanol–water partition coefficient (Wildman–Crippen LogP) is 3.22. The molecule has 5 heteroatoms. The topological polar surface area (TPSA) is 58.6 Å². The Hall–Kier alpha value is -2.66. The summed E-state index contributed by atoms with van der Waals surface area (Å²) in [5.41, 5.74) is 2.07. The van der Waals surface area contributed by atoms with Crippen molar-refractivity contribution < 1.29 is 14.3 Å². The molecule has 1 fully saturated rings. The third-order valence-corrected chi connectivity index (χ3v) is 5.36. The van der Waals surface area contributed by atoms with Crippen LogP contribution in [0.15, 0.2) is 54.6 Å². The Morgan fingerprint density at radius 1 is 1.04 bits per heavy atom. The summed E-state index contributed by atoms with van der Waals surface area (Å²) in [5, 5.41) is 2.96. The molecule has 2 heterocycles. The van der Waals surface area contributed by atoms with E-state index in [1.54, 1.807) is 0 Å². The minimum absolute atomic E-state index is 0.0232. The number of benzene rings is 2. The molecule has 0 aromatic heterocycles. The summed E-state index contributed by atoms with van der Waals surface area (Å²) >= 11 is 0. The number of anilines is 1. The normalized spacial score (nSPS) is 18.5. The van der Waals surface area contributed by atoms with E-state index in [2.05, 4.69) is 5.32 Å². The van der Waals surface area contributed by atoms with Crippen molar-refractivity contribution >= 4 is 17.5 Å². The molecule has 2 aromatic carbocycles. The summed E-state index contributed by atoms with van der Waals surface area (Å²) in [4.78, 5) is 27.6. The van der Waals surface area contributed by atoms with Crippen molar-refractivity contribution in [3.05, 3.63) is 65.7 Å². The van der Waals surface area contributed by atoms with Crippen LogP contribution in [-0.2, 0) is 16.1 Å². The van der Waals surface area contributed by atoms with Gasteiger partial charge in [-0.2, -0.15) is 0 Å². The highest BCUT2D eigenvalue weighted by molar-refractivity contribution is 5.99. The lowest BCUT2D eigenvalue weighted by Crippen LogP contribution is -2.54. The van der Waals surface area contributed by atoms with E-state index in [1.807, 2.05) is 59.5 Å². The largest absolute Gasteiger partial charge is 0.381 e. The second kappa shape index (κ2) is 6.92. The van der Waals surface area contributed by atoms with E-state index in [9.17, 15) is 9.59 Å². The van der Waals surface area contributed by atoms with Gasteiger partial charge in [-0.3, -0.25) is 9.59 Å². The molecule has 0 aliphatic carbocycles. The number of carbonyl (C=O) groups is 2. The lowest BCUT2D eigenvalue weighted by molar-refractivity contribution is -0.120. The highest BCUT2D eigenvalue weighted by Crippen LogP contribution is 2.38. The minimum Gasteiger partial charge on any atom is -0.381 e. The van der Waals surface area contributed by atoms with E-state index in [1.165, 1.54) is 0 Å². The van der Waals surface area contributed by atoms with Crippen LogP contribution in [0.2, 0.25) is 0 Å². The minimum atomic E-state index is -0.493. The van der Waals surface area contributed by atoms with Crippen LogP contribution in [0.1, 0.15) is 35.2 Å². The molecule has 26 heavy (non-hydrogen) atoms. The molecule has 1 saturated heterocycles. The lowest BCUT2D eigenvalue weighted by Gasteiger charge is -2.44. The summed E-state index contributed by atoms with van der Waals surface area (Å²) in [7, 11) is 0. The van der Waals surface area contributed by atoms with Gasteiger partial charge in [0.2, 0.25) is 5.91 Å². The molecule has 0 saturated carbocycles. The number of nitrogens with zero attached hydrogens (tertiary/aromatic N) is 1. The average molecular weight is 350 g/mol. The highest BCUT2D eigenvalue weighted by Gasteiger charge is 2.46. The monoisotopic (exact) mass is 350 g/mol. The number of amides is 2. The Kier molecular flexibility index (Phi) is 4.47. The van der Waals surface area contributed by atoms with Crippen molar-refractivity contribution in [2.24, 2.45) is 0 Å². The third-order valence-electron chi connectivity index (χ3n) is 5.36. The van der Waals surface area contributed by atoms with Gasteiger partial charge in [0, 0.05) is 31.0 Å². The number of fused-ring (bicyclic) bond motifs is 1. The zero-order valence-corrected chi connectivity index (χ0v) is 14.6. The second-order valence-corrected chi connectivity index (χ2v) is 6.98. The van der Waals surface area contributed by atoms with Crippen LogP contribution in [0, 0.1) is 0 Å². The number of para-hydroxylation sites is 1. The standard InChI is InChI=1S/C21H22N2O3/c24-19(22-17-7-2-1-3-8-17)14-21(10-12-26-13-11-21)23-15-16-6-4-5-9-18(16)20(23)25/h1-9H,10-15H2,(H,22,24). The zero-order valence-electron chi connectivity index (χ0n) is 14.6. The van der Waals surface area contributed by atoms with Gasteiger partial charge in [0.25, 0.3) is 5.91 Å². The number of carbonyl (C=O) groups excluding carboxylic acids is 2. The predicted molar refractivity (Wildman–Crippen MR) is 98.8 cm³/mol. The Bertz CT molecular complexity index is 813. The fraction of sp³-hybridized carbons (Fsp3) is 0.333. The van der Waals surface area contributed by atoms with Gasteiger partial charge in [-0.05, 0) is 36.6 Å². The molecule has 0 spiro atoms. The lowest BCUT2D eigenvalue weighted by atomic mass is 9.84. The number of hydrogen-bond donors (Lipinski definition) is 1. The first-order chi connectivity index (χ1) is 12.7. The maximum atomic E-state index is 13.0. The van der Waals surface area contributed by atoms with Crippen molar-refractivity contribution in [2.75, 3.05) is 18.5 Å². The van der Waals surface area contributed by atoms with Gasteiger partial charge in [-0.1, -0.05) is 36.4 Å². The zero-order chi connectivity index (χ0) is 18.0. The van der Waals surface area contributed by atoms with Crippen molar-refractivity contribution in [3.8, 4) is 0 Å². The van der Waals surface area contributed by atoms with Gasteiger partial charge < -0.3 is 15.0 Å².